The smallest absolute Gasteiger partial charge is 0.323 e. The van der Waals surface area contributed by atoms with Crippen molar-refractivity contribution >= 4 is 23.8 Å². The number of nitrogens with one attached hydrogen (secondary N) is 3. The number of hydrazine groups is 1. The third-order valence-corrected chi connectivity index (χ3v) is 8.53. The van der Waals surface area contributed by atoms with Gasteiger partial charge in [-0.1, -0.05) is 12.8 Å². The first-order valence-corrected chi connectivity index (χ1v) is 12.1. The van der Waals surface area contributed by atoms with Crippen LogP contribution in [0.3, 0.4) is 0 Å². The Hall–Kier alpha value is -2.12. The summed E-state index contributed by atoms with van der Waals surface area (Å²) in [6.07, 6.45) is 11.8. The summed E-state index contributed by atoms with van der Waals surface area (Å²) >= 11 is 0. The first kappa shape index (κ1) is 20.8. The summed E-state index contributed by atoms with van der Waals surface area (Å²) in [4.78, 5) is 50.7. The highest BCUT2D eigenvalue weighted by atomic mass is 16.2. The molecule has 0 atom stereocenters. The van der Waals surface area contributed by atoms with E-state index in [0.29, 0.717) is 25.7 Å². The van der Waals surface area contributed by atoms with Gasteiger partial charge < -0.3 is 5.32 Å². The van der Waals surface area contributed by atoms with Crippen LogP contribution in [0.2, 0.25) is 0 Å². The number of urea groups is 1. The van der Waals surface area contributed by atoms with Crippen LogP contribution in [0, 0.1) is 23.2 Å². The number of amides is 5. The standard InChI is InChI=1S/C23H34N4O4/c28-18(4-3-7-27-20(30)23(24-21(27)31)5-1-2-6-23)25-26-19(29)14-22-11-15-8-16(12-22)10-17(9-15)13-22/h15-17H,1-14H2,(H,24,31)(H,25,28)(H,26,29). The molecule has 1 heterocycles. The lowest BCUT2D eigenvalue weighted by atomic mass is 9.49. The predicted molar refractivity (Wildman–Crippen MR) is 112 cm³/mol. The molecule has 5 saturated carbocycles. The second-order valence-corrected chi connectivity index (χ2v) is 11.0. The monoisotopic (exact) mass is 430 g/mol. The normalized spacial score (nSPS) is 35.0. The Bertz CT molecular complexity index is 753. The summed E-state index contributed by atoms with van der Waals surface area (Å²) in [5, 5.41) is 2.85. The zero-order valence-corrected chi connectivity index (χ0v) is 18.2. The molecule has 170 valence electrons. The first-order chi connectivity index (χ1) is 14.9. The van der Waals surface area contributed by atoms with Crippen LogP contribution in [0.25, 0.3) is 0 Å². The Kier molecular flexibility index (Phi) is 5.21. The minimum absolute atomic E-state index is 0.104. The van der Waals surface area contributed by atoms with Crippen molar-refractivity contribution < 1.29 is 19.2 Å². The minimum Gasteiger partial charge on any atom is -0.323 e. The minimum atomic E-state index is -0.704. The molecule has 4 bridgehead atoms. The number of hydrogen-bond acceptors (Lipinski definition) is 4. The van der Waals surface area contributed by atoms with Crippen LogP contribution >= 0.6 is 0 Å². The molecule has 0 aromatic heterocycles. The third-order valence-electron chi connectivity index (χ3n) is 8.53. The van der Waals surface area contributed by atoms with E-state index in [1.54, 1.807) is 0 Å². The number of carbonyl (C=O) groups is 4. The van der Waals surface area contributed by atoms with E-state index in [9.17, 15) is 19.2 Å². The van der Waals surface area contributed by atoms with Crippen LogP contribution in [0.5, 0.6) is 0 Å². The molecular weight excluding hydrogens is 396 g/mol. The van der Waals surface area contributed by atoms with Crippen LogP contribution in [0.1, 0.15) is 83.5 Å². The molecule has 0 radical (unpaired) electrons. The summed E-state index contributed by atoms with van der Waals surface area (Å²) < 4.78 is 0. The summed E-state index contributed by atoms with van der Waals surface area (Å²) in [5.74, 6) is 1.83. The lowest BCUT2D eigenvalue weighted by molar-refractivity contribution is -0.134. The molecule has 0 aromatic rings. The van der Waals surface area contributed by atoms with Gasteiger partial charge in [-0.05, 0) is 81.0 Å². The number of nitrogens with zero attached hydrogens (tertiary/aromatic N) is 1. The molecular formula is C23H34N4O4. The lowest BCUT2D eigenvalue weighted by Gasteiger charge is -2.56. The largest absolute Gasteiger partial charge is 0.325 e. The average molecular weight is 431 g/mol. The molecule has 0 aromatic carbocycles. The second-order valence-electron chi connectivity index (χ2n) is 11.0. The third kappa shape index (κ3) is 3.94. The van der Waals surface area contributed by atoms with Gasteiger partial charge in [0.1, 0.15) is 5.54 Å². The summed E-state index contributed by atoms with van der Waals surface area (Å²) in [7, 11) is 0. The van der Waals surface area contributed by atoms with Crippen molar-refractivity contribution in [1.82, 2.24) is 21.1 Å². The highest BCUT2D eigenvalue weighted by molar-refractivity contribution is 6.07. The molecule has 1 saturated heterocycles. The predicted octanol–water partition coefficient (Wildman–Crippen LogP) is 2.39. The van der Waals surface area contributed by atoms with E-state index >= 15 is 0 Å². The molecule has 5 amide bonds. The van der Waals surface area contributed by atoms with E-state index in [0.717, 1.165) is 49.9 Å². The van der Waals surface area contributed by atoms with Gasteiger partial charge in [0, 0.05) is 19.4 Å². The highest BCUT2D eigenvalue weighted by Gasteiger charge is 2.52. The Labute approximate surface area is 183 Å². The van der Waals surface area contributed by atoms with Gasteiger partial charge in [-0.3, -0.25) is 30.1 Å². The van der Waals surface area contributed by atoms with Gasteiger partial charge in [0.15, 0.2) is 0 Å². The van der Waals surface area contributed by atoms with Gasteiger partial charge in [-0.15, -0.1) is 0 Å². The fraction of sp³-hybridized carbons (Fsp3) is 0.826. The maximum Gasteiger partial charge on any atom is 0.325 e. The Morgan fingerprint density at radius 2 is 1.52 bits per heavy atom. The quantitative estimate of drug-likeness (QED) is 0.444. The second kappa shape index (κ2) is 7.78. The maximum atomic E-state index is 12.6. The summed E-state index contributed by atoms with van der Waals surface area (Å²) in [6.45, 7) is 0.223. The van der Waals surface area contributed by atoms with Crippen molar-refractivity contribution in [1.29, 1.82) is 0 Å². The van der Waals surface area contributed by atoms with Gasteiger partial charge in [-0.25, -0.2) is 4.79 Å². The van der Waals surface area contributed by atoms with Crippen LogP contribution in [-0.2, 0) is 14.4 Å². The zero-order chi connectivity index (χ0) is 21.6. The van der Waals surface area contributed by atoms with Crippen molar-refractivity contribution in [3.8, 4) is 0 Å². The van der Waals surface area contributed by atoms with E-state index in [1.807, 2.05) is 0 Å². The SMILES string of the molecule is O=C(CCCN1C(=O)NC2(CCCC2)C1=O)NNC(=O)CC12CC3CC(CC(C3)C1)C2. The average Bonchev–Trinajstić information content (AvgIpc) is 3.25. The van der Waals surface area contributed by atoms with Gasteiger partial charge in [-0.2, -0.15) is 0 Å². The van der Waals surface area contributed by atoms with Gasteiger partial charge in [0.2, 0.25) is 11.8 Å². The molecule has 1 aliphatic heterocycles. The van der Waals surface area contributed by atoms with E-state index in [2.05, 4.69) is 16.2 Å². The van der Waals surface area contributed by atoms with Gasteiger partial charge >= 0.3 is 6.03 Å². The molecule has 6 fully saturated rings. The summed E-state index contributed by atoms with van der Waals surface area (Å²) in [6, 6.07) is -0.351. The topological polar surface area (TPSA) is 108 Å². The molecule has 6 rings (SSSR count). The molecule has 6 aliphatic rings. The van der Waals surface area contributed by atoms with Crippen LogP contribution in [0.4, 0.5) is 4.79 Å². The maximum absolute atomic E-state index is 12.6. The highest BCUT2D eigenvalue weighted by Crippen LogP contribution is 2.61. The Balaban J connectivity index is 1.03. The van der Waals surface area contributed by atoms with Gasteiger partial charge in [0.05, 0.1) is 0 Å². The molecule has 5 aliphatic carbocycles. The van der Waals surface area contributed by atoms with Gasteiger partial charge in [0.25, 0.3) is 5.91 Å². The van der Waals surface area contributed by atoms with Crippen molar-refractivity contribution in [2.45, 2.75) is 89.0 Å². The molecule has 1 spiro atoms. The van der Waals surface area contributed by atoms with Crippen molar-refractivity contribution in [2.75, 3.05) is 6.54 Å². The molecule has 0 unspecified atom stereocenters. The van der Waals surface area contributed by atoms with E-state index in [-0.39, 0.29) is 42.1 Å². The van der Waals surface area contributed by atoms with Crippen molar-refractivity contribution in [3.05, 3.63) is 0 Å². The fourth-order valence-corrected chi connectivity index (χ4v) is 7.69. The number of rotatable bonds is 6. The Morgan fingerprint density at radius 3 is 2.13 bits per heavy atom. The van der Waals surface area contributed by atoms with Crippen molar-refractivity contribution in [3.63, 3.8) is 0 Å². The lowest BCUT2D eigenvalue weighted by Crippen LogP contribution is -2.50. The molecule has 31 heavy (non-hydrogen) atoms. The first-order valence-electron chi connectivity index (χ1n) is 12.1. The molecule has 8 nitrogen and oxygen atoms in total. The van der Waals surface area contributed by atoms with E-state index in [1.165, 1.54) is 24.2 Å². The van der Waals surface area contributed by atoms with E-state index in [4.69, 9.17) is 0 Å². The van der Waals surface area contributed by atoms with Crippen LogP contribution < -0.4 is 16.2 Å². The number of hydrogen-bond donors (Lipinski definition) is 3. The van der Waals surface area contributed by atoms with Crippen LogP contribution in [-0.4, -0.2) is 40.7 Å². The summed E-state index contributed by atoms with van der Waals surface area (Å²) in [5.41, 5.74) is 4.55. The number of imide groups is 1. The zero-order valence-electron chi connectivity index (χ0n) is 18.2. The fourth-order valence-electron chi connectivity index (χ4n) is 7.69. The molecule has 3 N–H and O–H groups in total. The van der Waals surface area contributed by atoms with E-state index < -0.39 is 5.54 Å². The number of carbonyl (C=O) groups excluding carboxylic acids is 4. The van der Waals surface area contributed by atoms with Crippen LogP contribution in [0.15, 0.2) is 0 Å². The Morgan fingerprint density at radius 1 is 0.935 bits per heavy atom. The van der Waals surface area contributed by atoms with Crippen molar-refractivity contribution in [2.24, 2.45) is 23.2 Å². The molecule has 8 heteroatoms.